The minimum atomic E-state index is -0.115. The van der Waals surface area contributed by atoms with Crippen molar-refractivity contribution in [1.82, 2.24) is 10.7 Å². The minimum absolute atomic E-state index is 0.115. The number of hydrogen-bond acceptors (Lipinski definition) is 4. The van der Waals surface area contributed by atoms with E-state index in [-0.39, 0.29) is 5.91 Å². The molecular weight excluding hydrogens is 306 g/mol. The predicted octanol–water partition coefficient (Wildman–Crippen LogP) is 3.26. The van der Waals surface area contributed by atoms with Gasteiger partial charge in [-0.2, -0.15) is 5.10 Å². The lowest BCUT2D eigenvalue weighted by Crippen LogP contribution is -2.22. The zero-order valence-electron chi connectivity index (χ0n) is 12.7. The first-order chi connectivity index (χ1) is 11.2. The van der Waals surface area contributed by atoms with E-state index >= 15 is 0 Å². The Bertz CT molecular complexity index is 752. The van der Waals surface area contributed by atoms with Crippen molar-refractivity contribution in [2.45, 2.75) is 13.5 Å². The highest BCUT2D eigenvalue weighted by atomic mass is 32.2. The first kappa shape index (κ1) is 15.4. The second kappa shape index (κ2) is 7.15. The Morgan fingerprint density at radius 1 is 1.13 bits per heavy atom. The largest absolute Gasteiger partial charge is 0.303 e. The Balaban J connectivity index is 1.62. The summed E-state index contributed by atoms with van der Waals surface area (Å²) in [7, 11) is 0. The van der Waals surface area contributed by atoms with Crippen LogP contribution in [-0.2, 0) is 11.3 Å². The molecule has 3 rings (SSSR count). The molecule has 1 aliphatic rings. The lowest BCUT2D eigenvalue weighted by Gasteiger charge is -2.01. The standard InChI is InChI=1S/C18H17N3OS/c1-13-7-9-14(10-8-13)11-16-17(22)20-18(23-16)21-19-12-15-5-3-2-4-6-15/h2-11,19H,12H2,1H3,(H,20,21,22). The third-order valence-electron chi connectivity index (χ3n) is 3.33. The van der Waals surface area contributed by atoms with Gasteiger partial charge in [-0.25, -0.2) is 0 Å². The van der Waals surface area contributed by atoms with Gasteiger partial charge in [0.15, 0.2) is 5.17 Å². The quantitative estimate of drug-likeness (QED) is 0.671. The molecule has 1 heterocycles. The number of benzene rings is 2. The number of nitrogens with one attached hydrogen (secondary N) is 2. The molecule has 0 atom stereocenters. The molecular formula is C18H17N3OS. The molecule has 2 aromatic carbocycles. The van der Waals surface area contributed by atoms with Gasteiger partial charge in [-0.3, -0.25) is 10.1 Å². The SMILES string of the molecule is Cc1ccc(C=C2SC(=NNCc3ccccc3)NC2=O)cc1. The van der Waals surface area contributed by atoms with Gasteiger partial charge in [-0.15, -0.1) is 0 Å². The van der Waals surface area contributed by atoms with Gasteiger partial charge in [0.1, 0.15) is 0 Å². The van der Waals surface area contributed by atoms with E-state index in [2.05, 4.69) is 15.8 Å². The lowest BCUT2D eigenvalue weighted by molar-refractivity contribution is -0.115. The van der Waals surface area contributed by atoms with Crippen LogP contribution in [0.5, 0.6) is 0 Å². The van der Waals surface area contributed by atoms with Gasteiger partial charge in [-0.05, 0) is 35.9 Å². The zero-order chi connectivity index (χ0) is 16.1. The Hall–Kier alpha value is -2.53. The number of thioether (sulfide) groups is 1. The molecule has 1 fully saturated rings. The highest BCUT2D eigenvalue weighted by molar-refractivity contribution is 8.18. The van der Waals surface area contributed by atoms with Gasteiger partial charge in [0.2, 0.25) is 0 Å². The first-order valence-corrected chi connectivity index (χ1v) is 8.14. The van der Waals surface area contributed by atoms with Crippen LogP contribution in [0.4, 0.5) is 0 Å². The van der Waals surface area contributed by atoms with Gasteiger partial charge in [0, 0.05) is 0 Å². The maximum atomic E-state index is 12.0. The molecule has 0 unspecified atom stereocenters. The fourth-order valence-corrected chi connectivity index (χ4v) is 2.89. The molecule has 2 aromatic rings. The Labute approximate surface area is 139 Å². The van der Waals surface area contributed by atoms with Crippen molar-refractivity contribution in [1.29, 1.82) is 0 Å². The first-order valence-electron chi connectivity index (χ1n) is 7.33. The number of nitrogens with zero attached hydrogens (tertiary/aromatic N) is 1. The number of carbonyl (C=O) groups excluding carboxylic acids is 1. The van der Waals surface area contributed by atoms with E-state index in [1.54, 1.807) is 0 Å². The topological polar surface area (TPSA) is 53.5 Å². The van der Waals surface area contributed by atoms with E-state index in [0.717, 1.165) is 11.1 Å². The number of amidine groups is 1. The summed E-state index contributed by atoms with van der Waals surface area (Å²) in [5.74, 6) is -0.115. The van der Waals surface area contributed by atoms with E-state index < -0.39 is 0 Å². The zero-order valence-corrected chi connectivity index (χ0v) is 13.6. The average Bonchev–Trinajstić information content (AvgIpc) is 2.90. The predicted molar refractivity (Wildman–Crippen MR) is 95.6 cm³/mol. The van der Waals surface area contributed by atoms with Crippen LogP contribution in [-0.4, -0.2) is 11.1 Å². The second-order valence-corrected chi connectivity index (χ2v) is 6.24. The van der Waals surface area contributed by atoms with E-state index in [1.807, 2.05) is 67.6 Å². The molecule has 0 aromatic heterocycles. The van der Waals surface area contributed by atoms with Gasteiger partial charge >= 0.3 is 0 Å². The van der Waals surface area contributed by atoms with Crippen LogP contribution in [0, 0.1) is 6.92 Å². The average molecular weight is 323 g/mol. The van der Waals surface area contributed by atoms with Crippen molar-refractivity contribution in [2.75, 3.05) is 0 Å². The summed E-state index contributed by atoms with van der Waals surface area (Å²) in [4.78, 5) is 12.6. The fourth-order valence-electron chi connectivity index (χ4n) is 2.09. The fraction of sp³-hybridized carbons (Fsp3) is 0.111. The summed E-state index contributed by atoms with van der Waals surface area (Å²) in [6.45, 7) is 2.66. The molecule has 1 amide bonds. The van der Waals surface area contributed by atoms with Crippen LogP contribution in [0.1, 0.15) is 16.7 Å². The number of aryl methyl sites for hydroxylation is 1. The molecule has 0 aliphatic carbocycles. The number of hydrogen-bond donors (Lipinski definition) is 2. The summed E-state index contributed by atoms with van der Waals surface area (Å²) in [6.07, 6.45) is 1.87. The van der Waals surface area contributed by atoms with Crippen LogP contribution < -0.4 is 10.7 Å². The normalized spacial score (nSPS) is 17.5. The molecule has 0 saturated carbocycles. The highest BCUT2D eigenvalue weighted by Crippen LogP contribution is 2.25. The third-order valence-corrected chi connectivity index (χ3v) is 4.24. The number of carbonyl (C=O) groups is 1. The monoisotopic (exact) mass is 323 g/mol. The van der Waals surface area contributed by atoms with E-state index in [4.69, 9.17) is 0 Å². The third kappa shape index (κ3) is 4.23. The van der Waals surface area contributed by atoms with Gasteiger partial charge < -0.3 is 5.43 Å². The number of hydrazone groups is 1. The van der Waals surface area contributed by atoms with Gasteiger partial charge in [-0.1, -0.05) is 60.2 Å². The second-order valence-electron chi connectivity index (χ2n) is 5.21. The Morgan fingerprint density at radius 3 is 2.61 bits per heavy atom. The van der Waals surface area contributed by atoms with E-state index in [1.165, 1.54) is 17.3 Å². The summed E-state index contributed by atoms with van der Waals surface area (Å²) in [5, 5.41) is 7.57. The molecule has 0 spiro atoms. The van der Waals surface area contributed by atoms with Crippen LogP contribution in [0.15, 0.2) is 64.6 Å². The van der Waals surface area contributed by atoms with Crippen LogP contribution in [0.25, 0.3) is 6.08 Å². The summed E-state index contributed by atoms with van der Waals surface area (Å²) >= 11 is 1.34. The van der Waals surface area contributed by atoms with Crippen molar-refractivity contribution in [3.8, 4) is 0 Å². The Morgan fingerprint density at radius 2 is 1.87 bits per heavy atom. The molecule has 5 heteroatoms. The van der Waals surface area contributed by atoms with Crippen molar-refractivity contribution in [3.05, 3.63) is 76.2 Å². The molecule has 0 bridgehead atoms. The summed E-state index contributed by atoms with van der Waals surface area (Å²) in [5.41, 5.74) is 6.33. The van der Waals surface area contributed by atoms with Gasteiger partial charge in [0.05, 0.1) is 11.4 Å². The van der Waals surface area contributed by atoms with E-state index in [0.29, 0.717) is 16.6 Å². The van der Waals surface area contributed by atoms with Crippen molar-refractivity contribution in [2.24, 2.45) is 5.10 Å². The molecule has 4 nitrogen and oxygen atoms in total. The molecule has 1 saturated heterocycles. The molecule has 116 valence electrons. The maximum Gasteiger partial charge on any atom is 0.264 e. The van der Waals surface area contributed by atoms with Crippen LogP contribution >= 0.6 is 11.8 Å². The number of amides is 1. The molecule has 23 heavy (non-hydrogen) atoms. The van der Waals surface area contributed by atoms with Gasteiger partial charge in [0.25, 0.3) is 5.91 Å². The summed E-state index contributed by atoms with van der Waals surface area (Å²) in [6, 6.07) is 18.0. The Kier molecular flexibility index (Phi) is 4.78. The van der Waals surface area contributed by atoms with Crippen LogP contribution in [0.3, 0.4) is 0 Å². The van der Waals surface area contributed by atoms with Crippen LogP contribution in [0.2, 0.25) is 0 Å². The number of rotatable bonds is 4. The van der Waals surface area contributed by atoms with E-state index in [9.17, 15) is 4.79 Å². The smallest absolute Gasteiger partial charge is 0.264 e. The maximum absolute atomic E-state index is 12.0. The minimum Gasteiger partial charge on any atom is -0.303 e. The van der Waals surface area contributed by atoms with Crippen molar-refractivity contribution in [3.63, 3.8) is 0 Å². The van der Waals surface area contributed by atoms with Crippen molar-refractivity contribution < 1.29 is 4.79 Å². The molecule has 2 N–H and O–H groups in total. The summed E-state index contributed by atoms with van der Waals surface area (Å²) < 4.78 is 0. The highest BCUT2D eigenvalue weighted by Gasteiger charge is 2.23. The molecule has 1 aliphatic heterocycles. The lowest BCUT2D eigenvalue weighted by atomic mass is 10.1. The van der Waals surface area contributed by atoms with Crippen molar-refractivity contribution >= 4 is 28.9 Å². The molecule has 0 radical (unpaired) electrons.